The molecular formula is C13H15F2N3O4. The van der Waals surface area contributed by atoms with Gasteiger partial charge in [-0.2, -0.15) is 8.78 Å². The van der Waals surface area contributed by atoms with Gasteiger partial charge in [0, 0.05) is 50.9 Å². The molecule has 120 valence electrons. The molecule has 1 aromatic rings. The van der Waals surface area contributed by atoms with Gasteiger partial charge in [-0.25, -0.2) is 0 Å². The number of nitro groups is 1. The summed E-state index contributed by atoms with van der Waals surface area (Å²) in [5.74, 6) is -0.489. The lowest BCUT2D eigenvalue weighted by Gasteiger charge is -2.35. The van der Waals surface area contributed by atoms with Gasteiger partial charge in [-0.15, -0.1) is 0 Å². The van der Waals surface area contributed by atoms with Gasteiger partial charge in [-0.3, -0.25) is 14.9 Å². The Labute approximate surface area is 125 Å². The molecule has 0 spiro atoms. The standard InChI is InChI=1S/C13H15F2N3O4/c1-9(19)16-4-6-17(7-5-16)10-2-3-11(18(20)21)12(8-10)22-13(14)15/h2-3,8,13H,4-7H2,1H3. The Balaban J connectivity index is 2.18. The van der Waals surface area contributed by atoms with Crippen molar-refractivity contribution in [2.24, 2.45) is 0 Å². The molecule has 1 aromatic carbocycles. The minimum absolute atomic E-state index is 0.0231. The summed E-state index contributed by atoms with van der Waals surface area (Å²) in [4.78, 5) is 24.9. The van der Waals surface area contributed by atoms with Crippen LogP contribution in [0.3, 0.4) is 0 Å². The number of carbonyl (C=O) groups is 1. The molecule has 1 aliphatic heterocycles. The predicted molar refractivity (Wildman–Crippen MR) is 74.2 cm³/mol. The number of piperazine rings is 1. The Kier molecular flexibility index (Phi) is 4.74. The molecule has 9 heteroatoms. The van der Waals surface area contributed by atoms with Crippen molar-refractivity contribution in [1.29, 1.82) is 0 Å². The molecule has 7 nitrogen and oxygen atoms in total. The lowest BCUT2D eigenvalue weighted by molar-refractivity contribution is -0.386. The molecule has 0 saturated carbocycles. The summed E-state index contributed by atoms with van der Waals surface area (Å²) < 4.78 is 29.0. The largest absolute Gasteiger partial charge is 0.427 e. The second-order valence-corrected chi connectivity index (χ2v) is 4.78. The van der Waals surface area contributed by atoms with E-state index in [1.807, 2.05) is 4.90 Å². The molecule has 2 rings (SSSR count). The van der Waals surface area contributed by atoms with Crippen LogP contribution in [-0.4, -0.2) is 48.5 Å². The third kappa shape index (κ3) is 3.60. The van der Waals surface area contributed by atoms with Gasteiger partial charge < -0.3 is 14.5 Å². The number of amides is 1. The van der Waals surface area contributed by atoms with Crippen molar-refractivity contribution in [2.75, 3.05) is 31.1 Å². The second kappa shape index (κ2) is 6.54. The van der Waals surface area contributed by atoms with Gasteiger partial charge in [-0.1, -0.05) is 0 Å². The molecule has 1 amide bonds. The van der Waals surface area contributed by atoms with E-state index >= 15 is 0 Å². The summed E-state index contributed by atoms with van der Waals surface area (Å²) in [6, 6.07) is 3.86. The van der Waals surface area contributed by atoms with Crippen molar-refractivity contribution in [3.63, 3.8) is 0 Å². The number of alkyl halides is 2. The van der Waals surface area contributed by atoms with Crippen molar-refractivity contribution >= 4 is 17.3 Å². The normalized spacial score (nSPS) is 15.1. The molecule has 0 unspecified atom stereocenters. The number of rotatable bonds is 4. The molecule has 1 fully saturated rings. The molecule has 0 bridgehead atoms. The number of hydrogen-bond acceptors (Lipinski definition) is 5. The third-order valence-corrected chi connectivity index (χ3v) is 3.45. The first-order valence-electron chi connectivity index (χ1n) is 6.62. The Morgan fingerprint density at radius 3 is 2.45 bits per heavy atom. The fourth-order valence-electron chi connectivity index (χ4n) is 2.32. The van der Waals surface area contributed by atoms with Gasteiger partial charge in [0.15, 0.2) is 0 Å². The Morgan fingerprint density at radius 1 is 1.32 bits per heavy atom. The zero-order valence-electron chi connectivity index (χ0n) is 11.9. The lowest BCUT2D eigenvalue weighted by Crippen LogP contribution is -2.48. The van der Waals surface area contributed by atoms with E-state index in [0.717, 1.165) is 6.07 Å². The van der Waals surface area contributed by atoms with Crippen LogP contribution in [0.5, 0.6) is 5.75 Å². The minimum Gasteiger partial charge on any atom is -0.427 e. The van der Waals surface area contributed by atoms with Crippen molar-refractivity contribution in [3.8, 4) is 5.75 Å². The summed E-state index contributed by atoms with van der Waals surface area (Å²) in [6.45, 7) is 0.408. The first-order valence-corrected chi connectivity index (χ1v) is 6.62. The molecule has 1 aliphatic rings. The highest BCUT2D eigenvalue weighted by molar-refractivity contribution is 5.73. The Morgan fingerprint density at radius 2 is 1.95 bits per heavy atom. The summed E-state index contributed by atoms with van der Waals surface area (Å²) >= 11 is 0. The van der Waals surface area contributed by atoms with Crippen molar-refractivity contribution in [2.45, 2.75) is 13.5 Å². The average molecular weight is 315 g/mol. The highest BCUT2D eigenvalue weighted by atomic mass is 19.3. The van der Waals surface area contributed by atoms with Crippen LogP contribution < -0.4 is 9.64 Å². The first-order chi connectivity index (χ1) is 10.4. The third-order valence-electron chi connectivity index (χ3n) is 3.45. The van der Waals surface area contributed by atoms with Gasteiger partial charge in [-0.05, 0) is 6.07 Å². The van der Waals surface area contributed by atoms with E-state index < -0.39 is 23.0 Å². The molecule has 0 aromatic heterocycles. The van der Waals surface area contributed by atoms with Gasteiger partial charge in [0.2, 0.25) is 11.7 Å². The zero-order valence-corrected chi connectivity index (χ0v) is 11.9. The Hall–Kier alpha value is -2.45. The molecular weight excluding hydrogens is 300 g/mol. The number of carbonyl (C=O) groups excluding carboxylic acids is 1. The van der Waals surface area contributed by atoms with Gasteiger partial charge in [0.05, 0.1) is 4.92 Å². The quantitative estimate of drug-likeness (QED) is 0.626. The number of ether oxygens (including phenoxy) is 1. The summed E-state index contributed by atoms with van der Waals surface area (Å²) in [6.07, 6.45) is 0. The van der Waals surface area contributed by atoms with E-state index in [2.05, 4.69) is 4.74 Å². The number of halogens is 2. The van der Waals surface area contributed by atoms with E-state index in [0.29, 0.717) is 31.9 Å². The maximum Gasteiger partial charge on any atom is 0.387 e. The van der Waals surface area contributed by atoms with E-state index in [1.165, 1.54) is 19.1 Å². The highest BCUT2D eigenvalue weighted by Crippen LogP contribution is 2.33. The summed E-state index contributed by atoms with van der Waals surface area (Å²) in [5, 5.41) is 10.8. The van der Waals surface area contributed by atoms with E-state index in [-0.39, 0.29) is 5.91 Å². The number of hydrogen-bond donors (Lipinski definition) is 0. The van der Waals surface area contributed by atoms with Crippen LogP contribution >= 0.6 is 0 Å². The molecule has 0 radical (unpaired) electrons. The predicted octanol–water partition coefficient (Wildman–Crippen LogP) is 1.86. The van der Waals surface area contributed by atoms with Crippen LogP contribution in [0.2, 0.25) is 0 Å². The molecule has 1 heterocycles. The number of nitrogens with zero attached hydrogens (tertiary/aromatic N) is 3. The Bertz CT molecular complexity index is 574. The fraction of sp³-hybridized carbons (Fsp3) is 0.462. The highest BCUT2D eigenvalue weighted by Gasteiger charge is 2.23. The summed E-state index contributed by atoms with van der Waals surface area (Å²) in [7, 11) is 0. The van der Waals surface area contributed by atoms with Gasteiger partial charge in [0.25, 0.3) is 0 Å². The van der Waals surface area contributed by atoms with Crippen molar-refractivity contribution < 1.29 is 23.2 Å². The second-order valence-electron chi connectivity index (χ2n) is 4.78. The van der Waals surface area contributed by atoms with Crippen LogP contribution in [0.15, 0.2) is 18.2 Å². The monoisotopic (exact) mass is 315 g/mol. The van der Waals surface area contributed by atoms with Crippen molar-refractivity contribution in [3.05, 3.63) is 28.3 Å². The maximum atomic E-state index is 12.4. The zero-order chi connectivity index (χ0) is 16.3. The van der Waals surface area contributed by atoms with Gasteiger partial charge >= 0.3 is 12.3 Å². The first kappa shape index (κ1) is 15.9. The van der Waals surface area contributed by atoms with Gasteiger partial charge in [0.1, 0.15) is 0 Å². The van der Waals surface area contributed by atoms with Crippen LogP contribution in [0.4, 0.5) is 20.2 Å². The SMILES string of the molecule is CC(=O)N1CCN(c2ccc([N+](=O)[O-])c(OC(F)F)c2)CC1. The molecule has 1 saturated heterocycles. The van der Waals surface area contributed by atoms with Crippen LogP contribution in [0, 0.1) is 10.1 Å². The smallest absolute Gasteiger partial charge is 0.387 e. The van der Waals surface area contributed by atoms with Crippen molar-refractivity contribution in [1.82, 2.24) is 4.90 Å². The van der Waals surface area contributed by atoms with Crippen LogP contribution in [-0.2, 0) is 4.79 Å². The number of benzene rings is 1. The molecule has 0 aliphatic carbocycles. The molecule has 0 atom stereocenters. The molecule has 0 N–H and O–H groups in total. The molecule has 22 heavy (non-hydrogen) atoms. The fourth-order valence-corrected chi connectivity index (χ4v) is 2.32. The van der Waals surface area contributed by atoms with Crippen LogP contribution in [0.1, 0.15) is 6.92 Å². The summed E-state index contributed by atoms with van der Waals surface area (Å²) in [5.41, 5.74) is 0.0378. The number of anilines is 1. The maximum absolute atomic E-state index is 12.4. The van der Waals surface area contributed by atoms with E-state index in [1.54, 1.807) is 4.90 Å². The number of nitro benzene ring substituents is 1. The van der Waals surface area contributed by atoms with E-state index in [4.69, 9.17) is 0 Å². The average Bonchev–Trinajstić information content (AvgIpc) is 2.46. The topological polar surface area (TPSA) is 75.9 Å². The van der Waals surface area contributed by atoms with Crippen LogP contribution in [0.25, 0.3) is 0 Å². The van der Waals surface area contributed by atoms with E-state index in [9.17, 15) is 23.7 Å². The minimum atomic E-state index is -3.14. The lowest BCUT2D eigenvalue weighted by atomic mass is 10.2.